The van der Waals surface area contributed by atoms with Gasteiger partial charge in [0.05, 0.1) is 0 Å². The lowest BCUT2D eigenvalue weighted by Crippen LogP contribution is -2.12. The van der Waals surface area contributed by atoms with Gasteiger partial charge in [-0.3, -0.25) is 0 Å². The van der Waals surface area contributed by atoms with Gasteiger partial charge in [-0.15, -0.1) is 0 Å². The summed E-state index contributed by atoms with van der Waals surface area (Å²) in [4.78, 5) is 2.15. The topological polar surface area (TPSA) is 15.3 Å². The maximum Gasteiger partial charge on any atom is 0.178 e. The number of hydrogen-bond donors (Lipinski definition) is 1. The molecule has 0 aliphatic rings. The van der Waals surface area contributed by atoms with Gasteiger partial charge in [0.15, 0.2) is 7.98 Å². The second kappa shape index (κ2) is 5.05. The van der Waals surface area contributed by atoms with Crippen LogP contribution in [0, 0.1) is 0 Å². The summed E-state index contributed by atoms with van der Waals surface area (Å²) in [6.07, 6.45) is 0. The molecule has 0 spiro atoms. The molecule has 0 bridgehead atoms. The van der Waals surface area contributed by atoms with Crippen molar-refractivity contribution in [2.75, 3.05) is 14.1 Å². The maximum absolute atomic E-state index is 5.25. The fourth-order valence-electron chi connectivity index (χ4n) is 1.32. The summed E-state index contributed by atoms with van der Waals surface area (Å²) in [6.45, 7) is 1.69. The summed E-state index contributed by atoms with van der Waals surface area (Å²) in [5.74, 6) is 0. The van der Waals surface area contributed by atoms with E-state index in [2.05, 4.69) is 48.5 Å². The first-order valence-corrected chi connectivity index (χ1v) is 4.38. The van der Waals surface area contributed by atoms with Gasteiger partial charge in [-0.1, -0.05) is 24.3 Å². The number of nitrogens with zero attached hydrogens (tertiary/aromatic N) is 1. The molecule has 0 aromatic heterocycles. The summed E-state index contributed by atoms with van der Waals surface area (Å²) >= 11 is 0. The number of hydrogen-bond acceptors (Lipinski definition) is 2. The molecule has 0 amide bonds. The van der Waals surface area contributed by atoms with Crippen LogP contribution in [0.15, 0.2) is 24.3 Å². The third-order valence-electron chi connectivity index (χ3n) is 1.80. The van der Waals surface area contributed by atoms with Crippen molar-refractivity contribution in [1.82, 2.24) is 10.1 Å². The summed E-state index contributed by atoms with van der Waals surface area (Å²) < 4.78 is 0. The molecule has 13 heavy (non-hydrogen) atoms. The Balaban J connectivity index is 2.67. The fraction of sp³-hybridized carbons (Fsp3) is 0.400. The van der Waals surface area contributed by atoms with Crippen molar-refractivity contribution in [3.05, 3.63) is 35.4 Å². The Morgan fingerprint density at radius 2 is 2.00 bits per heavy atom. The van der Waals surface area contributed by atoms with E-state index in [0.29, 0.717) is 0 Å². The van der Waals surface area contributed by atoms with Crippen LogP contribution in [0.4, 0.5) is 0 Å². The normalized spacial score (nSPS) is 10.7. The average Bonchev–Trinajstić information content (AvgIpc) is 2.04. The first kappa shape index (κ1) is 10.3. The highest BCUT2D eigenvalue weighted by Gasteiger charge is 1.96. The minimum absolute atomic E-state index is 0.723. The summed E-state index contributed by atoms with van der Waals surface area (Å²) in [6, 6.07) is 8.42. The van der Waals surface area contributed by atoms with Crippen LogP contribution in [0.25, 0.3) is 0 Å². The third-order valence-corrected chi connectivity index (χ3v) is 1.80. The number of nitrogens with one attached hydrogen (secondary N) is 1. The van der Waals surface area contributed by atoms with Crippen LogP contribution in [-0.2, 0) is 13.1 Å². The molecule has 0 aliphatic carbocycles. The van der Waals surface area contributed by atoms with Crippen molar-refractivity contribution < 1.29 is 0 Å². The van der Waals surface area contributed by atoms with Gasteiger partial charge < -0.3 is 10.1 Å². The lowest BCUT2D eigenvalue weighted by molar-refractivity contribution is 0.402. The molecule has 1 rings (SSSR count). The Labute approximate surface area is 81.4 Å². The summed E-state index contributed by atoms with van der Waals surface area (Å²) in [7, 11) is 9.38. The number of rotatable bonds is 4. The predicted molar refractivity (Wildman–Crippen MR) is 56.4 cm³/mol. The lowest BCUT2D eigenvalue weighted by Gasteiger charge is -2.10. The Morgan fingerprint density at radius 1 is 1.31 bits per heavy atom. The molecule has 0 saturated carbocycles. The molecule has 0 heterocycles. The van der Waals surface area contributed by atoms with E-state index in [1.165, 1.54) is 11.1 Å². The van der Waals surface area contributed by atoms with Crippen LogP contribution >= 0.6 is 0 Å². The maximum atomic E-state index is 5.25. The molecule has 0 atom stereocenters. The smallest absolute Gasteiger partial charge is 0.178 e. The van der Waals surface area contributed by atoms with Crippen molar-refractivity contribution in [3.8, 4) is 0 Å². The molecule has 1 aromatic rings. The van der Waals surface area contributed by atoms with Gasteiger partial charge in [0, 0.05) is 13.1 Å². The molecule has 2 radical (unpaired) electrons. The van der Waals surface area contributed by atoms with Crippen molar-refractivity contribution in [2.45, 2.75) is 13.1 Å². The van der Waals surface area contributed by atoms with Crippen LogP contribution in [0.2, 0.25) is 0 Å². The van der Waals surface area contributed by atoms with Gasteiger partial charge in [-0.2, -0.15) is 0 Å². The van der Waals surface area contributed by atoms with Crippen LogP contribution < -0.4 is 5.23 Å². The molecule has 3 heteroatoms. The minimum Gasteiger partial charge on any atom is -0.363 e. The standard InChI is InChI=1S/C10H15BN2/c1-13(2)8-10-5-3-4-9(6-10)7-12-11/h3-6,12H,7-8H2,1-2H3. The zero-order valence-electron chi connectivity index (χ0n) is 8.25. The first-order chi connectivity index (χ1) is 6.22. The highest BCUT2D eigenvalue weighted by molar-refractivity contribution is 6.04. The summed E-state index contributed by atoms with van der Waals surface area (Å²) in [5.41, 5.74) is 2.54. The molecule has 2 nitrogen and oxygen atoms in total. The third kappa shape index (κ3) is 3.62. The van der Waals surface area contributed by atoms with Crippen LogP contribution in [0.5, 0.6) is 0 Å². The van der Waals surface area contributed by atoms with Gasteiger partial charge in [0.25, 0.3) is 0 Å². The molecule has 0 unspecified atom stereocenters. The average molecular weight is 174 g/mol. The van der Waals surface area contributed by atoms with E-state index < -0.39 is 0 Å². The molecule has 0 aliphatic heterocycles. The van der Waals surface area contributed by atoms with Gasteiger partial charge >= 0.3 is 0 Å². The Hall–Kier alpha value is -0.795. The van der Waals surface area contributed by atoms with Gasteiger partial charge in [0.2, 0.25) is 0 Å². The quantitative estimate of drug-likeness (QED) is 0.683. The molecular weight excluding hydrogens is 159 g/mol. The highest BCUT2D eigenvalue weighted by Crippen LogP contribution is 2.06. The van der Waals surface area contributed by atoms with Crippen molar-refractivity contribution >= 4 is 7.98 Å². The molecule has 1 N–H and O–H groups in total. The molecule has 0 saturated heterocycles. The van der Waals surface area contributed by atoms with Gasteiger partial charge in [0.1, 0.15) is 0 Å². The predicted octanol–water partition coefficient (Wildman–Crippen LogP) is 0.921. The van der Waals surface area contributed by atoms with Crippen LogP contribution in [0.1, 0.15) is 11.1 Å². The Bertz CT molecular complexity index is 261. The first-order valence-electron chi connectivity index (χ1n) is 4.38. The SMILES string of the molecule is [B]NCc1cccc(CN(C)C)c1. The Morgan fingerprint density at radius 3 is 2.62 bits per heavy atom. The molecule has 0 fully saturated rings. The van der Waals surface area contributed by atoms with E-state index >= 15 is 0 Å². The van der Waals surface area contributed by atoms with E-state index in [0.717, 1.165) is 13.1 Å². The van der Waals surface area contributed by atoms with Crippen molar-refractivity contribution in [2.24, 2.45) is 0 Å². The van der Waals surface area contributed by atoms with Crippen LogP contribution in [-0.4, -0.2) is 27.0 Å². The van der Waals surface area contributed by atoms with Crippen LogP contribution in [0.3, 0.4) is 0 Å². The minimum atomic E-state index is 0.723. The largest absolute Gasteiger partial charge is 0.363 e. The van der Waals surface area contributed by atoms with Gasteiger partial charge in [-0.25, -0.2) is 0 Å². The van der Waals surface area contributed by atoms with Crippen molar-refractivity contribution in [1.29, 1.82) is 0 Å². The van der Waals surface area contributed by atoms with E-state index in [-0.39, 0.29) is 0 Å². The molecular formula is C10H15BN2. The monoisotopic (exact) mass is 174 g/mol. The van der Waals surface area contributed by atoms with E-state index in [1.54, 1.807) is 0 Å². The van der Waals surface area contributed by atoms with E-state index in [1.807, 2.05) is 0 Å². The highest BCUT2D eigenvalue weighted by atomic mass is 15.0. The van der Waals surface area contributed by atoms with E-state index in [4.69, 9.17) is 7.98 Å². The zero-order valence-corrected chi connectivity index (χ0v) is 8.25. The zero-order chi connectivity index (χ0) is 9.68. The molecule has 68 valence electrons. The van der Waals surface area contributed by atoms with Crippen molar-refractivity contribution in [3.63, 3.8) is 0 Å². The molecule has 1 aromatic carbocycles. The lowest BCUT2D eigenvalue weighted by atomic mass is 10.1. The van der Waals surface area contributed by atoms with E-state index in [9.17, 15) is 0 Å². The second-order valence-electron chi connectivity index (χ2n) is 3.44. The van der Waals surface area contributed by atoms with Gasteiger partial charge in [-0.05, 0) is 25.2 Å². The Kier molecular flexibility index (Phi) is 3.99. The fourth-order valence-corrected chi connectivity index (χ4v) is 1.32. The second-order valence-corrected chi connectivity index (χ2v) is 3.44. The number of benzene rings is 1. The summed E-state index contributed by atoms with van der Waals surface area (Å²) in [5, 5.41) is 2.65.